The van der Waals surface area contributed by atoms with Gasteiger partial charge in [-0.1, -0.05) is 22.9 Å². The van der Waals surface area contributed by atoms with Gasteiger partial charge in [-0.25, -0.2) is 4.98 Å². The number of carbonyl (C=O) groups is 1. The lowest BCUT2D eigenvalue weighted by Crippen LogP contribution is -2.33. The lowest BCUT2D eigenvalue weighted by molar-refractivity contribution is 0.0986. The Morgan fingerprint density at radius 1 is 1.04 bits per heavy atom. The zero-order valence-corrected chi connectivity index (χ0v) is 18.2. The Morgan fingerprint density at radius 2 is 1.75 bits per heavy atom. The summed E-state index contributed by atoms with van der Waals surface area (Å²) in [6.07, 6.45) is 0.866. The van der Waals surface area contributed by atoms with Crippen molar-refractivity contribution in [3.05, 3.63) is 53.1 Å². The van der Waals surface area contributed by atoms with Crippen LogP contribution in [0.5, 0.6) is 0 Å². The van der Waals surface area contributed by atoms with Crippen LogP contribution in [0.4, 0.5) is 10.8 Å². The van der Waals surface area contributed by atoms with Gasteiger partial charge in [-0.2, -0.15) is 0 Å². The molecule has 0 atom stereocenters. The van der Waals surface area contributed by atoms with Crippen molar-refractivity contribution in [1.82, 2.24) is 9.88 Å². The fourth-order valence-corrected chi connectivity index (χ4v) is 4.15. The predicted molar refractivity (Wildman–Crippen MR) is 120 cm³/mol. The second kappa shape index (κ2) is 8.90. The molecule has 1 amide bonds. The predicted octanol–water partition coefficient (Wildman–Crippen LogP) is 4.61. The van der Waals surface area contributed by atoms with E-state index in [0.717, 1.165) is 28.9 Å². The normalized spacial score (nSPS) is 11.2. The van der Waals surface area contributed by atoms with Gasteiger partial charge in [0.05, 0.1) is 10.2 Å². The molecule has 1 aromatic heterocycles. The maximum absolute atomic E-state index is 13.3. The molecule has 0 aliphatic carbocycles. The molecule has 3 aromatic rings. The van der Waals surface area contributed by atoms with Crippen LogP contribution >= 0.6 is 22.9 Å². The SMILES string of the molecule is CN(C)CCCN(C(=O)c1ccc(N(C)C)cc1)c1nc2ccc(Cl)cc2s1. The van der Waals surface area contributed by atoms with Gasteiger partial charge in [0.15, 0.2) is 5.13 Å². The highest BCUT2D eigenvalue weighted by Crippen LogP contribution is 2.31. The van der Waals surface area contributed by atoms with Gasteiger partial charge in [-0.3, -0.25) is 9.69 Å². The standard InChI is InChI=1S/C21H25ClN4OS/c1-24(2)12-5-13-26(20(27)15-6-9-17(10-7-15)25(3)4)21-23-18-11-8-16(22)14-19(18)28-21/h6-11,14H,5,12-13H2,1-4H3. The molecule has 5 nitrogen and oxygen atoms in total. The van der Waals surface area contributed by atoms with E-state index in [1.807, 2.05) is 75.6 Å². The number of hydrogen-bond acceptors (Lipinski definition) is 5. The van der Waals surface area contributed by atoms with Crippen LogP contribution in [0.25, 0.3) is 10.2 Å². The molecule has 0 spiro atoms. The second-order valence-electron chi connectivity index (χ2n) is 7.16. The van der Waals surface area contributed by atoms with Gasteiger partial charge in [-0.05, 0) is 69.5 Å². The molecule has 148 valence electrons. The lowest BCUT2D eigenvalue weighted by Gasteiger charge is -2.21. The average molecular weight is 417 g/mol. The van der Waals surface area contributed by atoms with Crippen molar-refractivity contribution in [3.8, 4) is 0 Å². The van der Waals surface area contributed by atoms with E-state index < -0.39 is 0 Å². The quantitative estimate of drug-likeness (QED) is 0.563. The highest BCUT2D eigenvalue weighted by atomic mass is 35.5. The molecule has 28 heavy (non-hydrogen) atoms. The first-order valence-electron chi connectivity index (χ1n) is 9.15. The van der Waals surface area contributed by atoms with Crippen LogP contribution in [0.1, 0.15) is 16.8 Å². The largest absolute Gasteiger partial charge is 0.378 e. The van der Waals surface area contributed by atoms with Crippen LogP contribution in [0.2, 0.25) is 5.02 Å². The number of halogens is 1. The zero-order valence-electron chi connectivity index (χ0n) is 16.6. The number of aromatic nitrogens is 1. The highest BCUT2D eigenvalue weighted by molar-refractivity contribution is 7.22. The summed E-state index contributed by atoms with van der Waals surface area (Å²) in [4.78, 5) is 23.9. The van der Waals surface area contributed by atoms with Gasteiger partial charge in [0.1, 0.15) is 0 Å². The molecule has 0 N–H and O–H groups in total. The number of anilines is 2. The lowest BCUT2D eigenvalue weighted by atomic mass is 10.1. The van der Waals surface area contributed by atoms with Gasteiger partial charge in [0.25, 0.3) is 5.91 Å². The van der Waals surface area contributed by atoms with Crippen molar-refractivity contribution in [2.45, 2.75) is 6.42 Å². The topological polar surface area (TPSA) is 39.7 Å². The van der Waals surface area contributed by atoms with Crippen LogP contribution in [-0.4, -0.2) is 57.1 Å². The van der Waals surface area contributed by atoms with Crippen molar-refractivity contribution >= 4 is 49.9 Å². The minimum absolute atomic E-state index is 0.0331. The summed E-state index contributed by atoms with van der Waals surface area (Å²) in [6.45, 7) is 1.51. The molecule has 0 unspecified atom stereocenters. The summed E-state index contributed by atoms with van der Waals surface area (Å²) in [7, 11) is 8.03. The fraction of sp³-hybridized carbons (Fsp3) is 0.333. The van der Waals surface area contributed by atoms with Crippen LogP contribution in [-0.2, 0) is 0 Å². The van der Waals surface area contributed by atoms with E-state index >= 15 is 0 Å². The van der Waals surface area contributed by atoms with Crippen molar-refractivity contribution in [1.29, 1.82) is 0 Å². The number of fused-ring (bicyclic) bond motifs is 1. The molecule has 1 heterocycles. The summed E-state index contributed by atoms with van der Waals surface area (Å²) < 4.78 is 0.982. The number of amides is 1. The van der Waals surface area contributed by atoms with E-state index in [9.17, 15) is 4.79 Å². The van der Waals surface area contributed by atoms with Gasteiger partial charge >= 0.3 is 0 Å². The minimum Gasteiger partial charge on any atom is -0.378 e. The van der Waals surface area contributed by atoms with E-state index in [0.29, 0.717) is 22.3 Å². The Kier molecular flexibility index (Phi) is 6.54. The molecule has 0 bridgehead atoms. The summed E-state index contributed by atoms with van der Waals surface area (Å²) in [6, 6.07) is 13.3. The smallest absolute Gasteiger partial charge is 0.260 e. The maximum atomic E-state index is 13.3. The first-order valence-corrected chi connectivity index (χ1v) is 10.3. The average Bonchev–Trinajstić information content (AvgIpc) is 3.07. The molecule has 0 saturated carbocycles. The highest BCUT2D eigenvalue weighted by Gasteiger charge is 2.21. The number of nitrogens with zero attached hydrogens (tertiary/aromatic N) is 4. The van der Waals surface area contributed by atoms with Crippen molar-refractivity contribution in [2.75, 3.05) is 51.1 Å². The third kappa shape index (κ3) is 4.82. The molecule has 0 aliphatic rings. The molecule has 2 aromatic carbocycles. The number of hydrogen-bond donors (Lipinski definition) is 0. The fourth-order valence-electron chi connectivity index (χ4n) is 2.89. The molecular weight excluding hydrogens is 392 g/mol. The Labute approximate surface area is 175 Å². The van der Waals surface area contributed by atoms with E-state index in [1.165, 1.54) is 11.3 Å². The summed E-state index contributed by atoms with van der Waals surface area (Å²) in [5.74, 6) is -0.0331. The number of carbonyl (C=O) groups excluding carboxylic acids is 1. The van der Waals surface area contributed by atoms with Crippen LogP contribution < -0.4 is 9.80 Å². The van der Waals surface area contributed by atoms with Crippen molar-refractivity contribution < 1.29 is 4.79 Å². The number of rotatable bonds is 7. The Balaban J connectivity index is 1.91. The monoisotopic (exact) mass is 416 g/mol. The van der Waals surface area contributed by atoms with E-state index in [2.05, 4.69) is 9.88 Å². The molecule has 0 aliphatic heterocycles. The Bertz CT molecular complexity index is 953. The Morgan fingerprint density at radius 3 is 2.39 bits per heavy atom. The minimum atomic E-state index is -0.0331. The van der Waals surface area contributed by atoms with E-state index in [4.69, 9.17) is 11.6 Å². The molecule has 0 fully saturated rings. The van der Waals surface area contributed by atoms with Crippen molar-refractivity contribution in [3.63, 3.8) is 0 Å². The van der Waals surface area contributed by atoms with Gasteiger partial charge in [0, 0.05) is 36.9 Å². The zero-order chi connectivity index (χ0) is 20.3. The second-order valence-corrected chi connectivity index (χ2v) is 8.61. The van der Waals surface area contributed by atoms with Crippen molar-refractivity contribution in [2.24, 2.45) is 0 Å². The summed E-state index contributed by atoms with van der Waals surface area (Å²) >= 11 is 7.61. The first-order chi connectivity index (χ1) is 13.3. The van der Waals surface area contributed by atoms with Gasteiger partial charge in [-0.15, -0.1) is 0 Å². The van der Waals surface area contributed by atoms with E-state index in [1.54, 1.807) is 4.90 Å². The van der Waals surface area contributed by atoms with Crippen LogP contribution in [0.3, 0.4) is 0 Å². The van der Waals surface area contributed by atoms with Gasteiger partial charge in [0.2, 0.25) is 0 Å². The maximum Gasteiger partial charge on any atom is 0.260 e. The summed E-state index contributed by atoms with van der Waals surface area (Å²) in [5, 5.41) is 1.38. The van der Waals surface area contributed by atoms with Crippen LogP contribution in [0.15, 0.2) is 42.5 Å². The first kappa shape index (κ1) is 20.6. The summed E-state index contributed by atoms with van der Waals surface area (Å²) in [5.41, 5.74) is 2.58. The third-order valence-electron chi connectivity index (χ3n) is 4.43. The third-order valence-corrected chi connectivity index (χ3v) is 5.71. The van der Waals surface area contributed by atoms with Crippen LogP contribution in [0, 0.1) is 0 Å². The molecule has 7 heteroatoms. The molecule has 3 rings (SSSR count). The number of benzene rings is 2. The molecular formula is C21H25ClN4OS. The van der Waals surface area contributed by atoms with E-state index in [-0.39, 0.29) is 5.91 Å². The Hall–Kier alpha value is -2.15. The molecule has 0 radical (unpaired) electrons. The number of thiazole rings is 1. The van der Waals surface area contributed by atoms with Gasteiger partial charge < -0.3 is 9.80 Å². The molecule has 0 saturated heterocycles.